The second-order valence-electron chi connectivity index (χ2n) is 8.67. The van der Waals surface area contributed by atoms with E-state index < -0.39 is 0 Å². The SMILES string of the molecule is Cc1ccc(CC(=O)N2CCC3(CC2)COCCN(Cc2cccnc2)C3)cc1. The quantitative estimate of drug-likeness (QED) is 0.801. The van der Waals surface area contributed by atoms with Crippen LogP contribution in [0, 0.1) is 12.3 Å². The summed E-state index contributed by atoms with van der Waals surface area (Å²) >= 11 is 0. The Morgan fingerprint density at radius 3 is 2.62 bits per heavy atom. The number of pyridine rings is 1. The third-order valence-corrected chi connectivity index (χ3v) is 6.30. The summed E-state index contributed by atoms with van der Waals surface area (Å²) in [5.41, 5.74) is 3.72. The van der Waals surface area contributed by atoms with Crippen LogP contribution in [0.3, 0.4) is 0 Å². The van der Waals surface area contributed by atoms with Gasteiger partial charge in [0, 0.05) is 50.5 Å². The highest BCUT2D eigenvalue weighted by Crippen LogP contribution is 2.35. The van der Waals surface area contributed by atoms with Gasteiger partial charge in [-0.15, -0.1) is 0 Å². The zero-order valence-electron chi connectivity index (χ0n) is 17.3. The molecule has 2 aliphatic heterocycles. The number of aryl methyl sites for hydroxylation is 1. The molecule has 2 aromatic rings. The molecule has 29 heavy (non-hydrogen) atoms. The van der Waals surface area contributed by atoms with E-state index in [4.69, 9.17) is 4.74 Å². The summed E-state index contributed by atoms with van der Waals surface area (Å²) in [7, 11) is 0. The third kappa shape index (κ3) is 5.22. The Labute approximate surface area is 173 Å². The monoisotopic (exact) mass is 393 g/mol. The van der Waals surface area contributed by atoms with Crippen molar-refractivity contribution in [3.05, 3.63) is 65.5 Å². The maximum atomic E-state index is 12.8. The normalized spacial score (nSPS) is 19.8. The van der Waals surface area contributed by atoms with Gasteiger partial charge in [-0.2, -0.15) is 0 Å². The number of amides is 1. The van der Waals surface area contributed by atoms with Gasteiger partial charge in [0.1, 0.15) is 0 Å². The number of piperidine rings is 1. The van der Waals surface area contributed by atoms with Crippen molar-refractivity contribution in [1.82, 2.24) is 14.8 Å². The first-order chi connectivity index (χ1) is 14.1. The van der Waals surface area contributed by atoms with E-state index in [0.29, 0.717) is 6.42 Å². The summed E-state index contributed by atoms with van der Waals surface area (Å²) < 4.78 is 6.00. The lowest BCUT2D eigenvalue weighted by molar-refractivity contribution is -0.133. The van der Waals surface area contributed by atoms with E-state index in [9.17, 15) is 4.79 Å². The minimum atomic E-state index is 0.152. The molecule has 5 nitrogen and oxygen atoms in total. The number of likely N-dealkylation sites (tertiary alicyclic amines) is 1. The van der Waals surface area contributed by atoms with Gasteiger partial charge in [0.05, 0.1) is 19.6 Å². The van der Waals surface area contributed by atoms with E-state index in [-0.39, 0.29) is 11.3 Å². The highest BCUT2D eigenvalue weighted by Gasteiger charge is 2.39. The zero-order valence-corrected chi connectivity index (χ0v) is 17.3. The predicted octanol–water partition coefficient (Wildman–Crippen LogP) is 3.07. The van der Waals surface area contributed by atoms with Crippen LogP contribution in [-0.4, -0.2) is 60.1 Å². The lowest BCUT2D eigenvalue weighted by Crippen LogP contribution is -2.49. The molecule has 0 radical (unpaired) electrons. The van der Waals surface area contributed by atoms with Gasteiger partial charge in [-0.25, -0.2) is 0 Å². The first kappa shape index (κ1) is 20.0. The van der Waals surface area contributed by atoms with Crippen LogP contribution < -0.4 is 0 Å². The molecule has 0 atom stereocenters. The number of carbonyl (C=O) groups is 1. The Kier molecular flexibility index (Phi) is 6.26. The summed E-state index contributed by atoms with van der Waals surface area (Å²) in [5, 5.41) is 0. The molecule has 0 aliphatic carbocycles. The summed E-state index contributed by atoms with van der Waals surface area (Å²) in [4.78, 5) is 21.6. The van der Waals surface area contributed by atoms with Crippen LogP contribution in [0.1, 0.15) is 29.5 Å². The predicted molar refractivity (Wildman–Crippen MR) is 113 cm³/mol. The van der Waals surface area contributed by atoms with Crippen molar-refractivity contribution < 1.29 is 9.53 Å². The number of nitrogens with zero attached hydrogens (tertiary/aromatic N) is 3. The maximum Gasteiger partial charge on any atom is 0.226 e. The van der Waals surface area contributed by atoms with Gasteiger partial charge in [-0.05, 0) is 37.0 Å². The minimum absolute atomic E-state index is 0.152. The molecule has 5 heteroatoms. The highest BCUT2D eigenvalue weighted by molar-refractivity contribution is 5.78. The van der Waals surface area contributed by atoms with Crippen molar-refractivity contribution in [1.29, 1.82) is 0 Å². The Morgan fingerprint density at radius 1 is 1.10 bits per heavy atom. The minimum Gasteiger partial charge on any atom is -0.379 e. The fourth-order valence-corrected chi connectivity index (χ4v) is 4.49. The van der Waals surface area contributed by atoms with Crippen LogP contribution in [0.5, 0.6) is 0 Å². The van der Waals surface area contributed by atoms with Gasteiger partial charge < -0.3 is 9.64 Å². The summed E-state index contributed by atoms with van der Waals surface area (Å²) in [5.74, 6) is 0.241. The van der Waals surface area contributed by atoms with E-state index >= 15 is 0 Å². The Morgan fingerprint density at radius 2 is 1.90 bits per heavy atom. The van der Waals surface area contributed by atoms with Gasteiger partial charge in [-0.3, -0.25) is 14.7 Å². The van der Waals surface area contributed by atoms with Gasteiger partial charge in [0.2, 0.25) is 5.91 Å². The van der Waals surface area contributed by atoms with Crippen LogP contribution in [0.25, 0.3) is 0 Å². The van der Waals surface area contributed by atoms with E-state index in [1.54, 1.807) is 0 Å². The van der Waals surface area contributed by atoms with Crippen LogP contribution in [-0.2, 0) is 22.5 Å². The summed E-state index contributed by atoms with van der Waals surface area (Å²) in [6, 6.07) is 12.4. The molecule has 2 saturated heterocycles. The molecule has 1 spiro atoms. The molecule has 154 valence electrons. The first-order valence-corrected chi connectivity index (χ1v) is 10.6. The van der Waals surface area contributed by atoms with Crippen molar-refractivity contribution in [3.63, 3.8) is 0 Å². The van der Waals surface area contributed by atoms with Crippen molar-refractivity contribution in [3.8, 4) is 0 Å². The number of rotatable bonds is 4. The Bertz CT molecular complexity index is 799. The molecule has 1 aromatic heterocycles. The van der Waals surface area contributed by atoms with E-state index in [2.05, 4.69) is 47.1 Å². The van der Waals surface area contributed by atoms with Gasteiger partial charge >= 0.3 is 0 Å². The average Bonchev–Trinajstić information content (AvgIpc) is 2.93. The van der Waals surface area contributed by atoms with Crippen molar-refractivity contribution >= 4 is 5.91 Å². The molecular weight excluding hydrogens is 362 g/mol. The van der Waals surface area contributed by atoms with Crippen LogP contribution in [0.4, 0.5) is 0 Å². The average molecular weight is 394 g/mol. The number of benzene rings is 1. The number of ether oxygens (including phenoxy) is 1. The fraction of sp³-hybridized carbons (Fsp3) is 0.500. The second-order valence-corrected chi connectivity index (χ2v) is 8.67. The largest absolute Gasteiger partial charge is 0.379 e. The Hall–Kier alpha value is -2.24. The molecule has 3 heterocycles. The lowest BCUT2D eigenvalue weighted by atomic mass is 9.78. The molecule has 2 aliphatic rings. The maximum absolute atomic E-state index is 12.8. The molecular formula is C24H31N3O2. The lowest BCUT2D eigenvalue weighted by Gasteiger charge is -2.42. The smallest absolute Gasteiger partial charge is 0.226 e. The van der Waals surface area contributed by atoms with E-state index in [0.717, 1.165) is 64.3 Å². The summed E-state index contributed by atoms with van der Waals surface area (Å²) in [6.07, 6.45) is 6.29. The molecule has 1 aromatic carbocycles. The van der Waals surface area contributed by atoms with E-state index in [1.165, 1.54) is 11.1 Å². The molecule has 0 saturated carbocycles. The van der Waals surface area contributed by atoms with Crippen molar-refractivity contribution in [2.24, 2.45) is 5.41 Å². The summed E-state index contributed by atoms with van der Waals surface area (Å²) in [6.45, 7) is 8.20. The third-order valence-electron chi connectivity index (χ3n) is 6.30. The number of hydrogen-bond donors (Lipinski definition) is 0. The van der Waals surface area contributed by atoms with Crippen LogP contribution in [0.2, 0.25) is 0 Å². The van der Waals surface area contributed by atoms with Crippen molar-refractivity contribution in [2.45, 2.75) is 32.7 Å². The zero-order chi connectivity index (χ0) is 20.1. The van der Waals surface area contributed by atoms with Gasteiger partial charge in [-0.1, -0.05) is 35.9 Å². The molecule has 0 unspecified atom stereocenters. The van der Waals surface area contributed by atoms with Gasteiger partial charge in [0.25, 0.3) is 0 Å². The Balaban J connectivity index is 1.34. The number of carbonyl (C=O) groups excluding carboxylic acids is 1. The number of aromatic nitrogens is 1. The van der Waals surface area contributed by atoms with Crippen LogP contribution >= 0.6 is 0 Å². The molecule has 4 rings (SSSR count). The van der Waals surface area contributed by atoms with Crippen LogP contribution in [0.15, 0.2) is 48.8 Å². The topological polar surface area (TPSA) is 45.7 Å². The molecule has 0 bridgehead atoms. The second kappa shape index (κ2) is 9.06. The first-order valence-electron chi connectivity index (χ1n) is 10.6. The number of hydrogen-bond acceptors (Lipinski definition) is 4. The van der Waals surface area contributed by atoms with Crippen molar-refractivity contribution in [2.75, 3.05) is 39.4 Å². The van der Waals surface area contributed by atoms with Gasteiger partial charge in [0.15, 0.2) is 0 Å². The molecule has 0 N–H and O–H groups in total. The standard InChI is InChI=1S/C24H31N3O2/c1-20-4-6-21(7-5-20)15-23(28)27-11-8-24(9-12-27)18-26(13-14-29-19-24)17-22-3-2-10-25-16-22/h2-7,10,16H,8-9,11-15,17-19H2,1H3. The molecule has 2 fully saturated rings. The molecule has 1 amide bonds. The fourth-order valence-electron chi connectivity index (χ4n) is 4.49. The van der Waals surface area contributed by atoms with E-state index in [1.807, 2.05) is 23.4 Å². The highest BCUT2D eigenvalue weighted by atomic mass is 16.5.